The van der Waals surface area contributed by atoms with Crippen LogP contribution in [0.15, 0.2) is 12.7 Å². The highest BCUT2D eigenvalue weighted by Gasteiger charge is 2.18. The van der Waals surface area contributed by atoms with Gasteiger partial charge in [0.2, 0.25) is 0 Å². The average molecular weight is 230 g/mol. The summed E-state index contributed by atoms with van der Waals surface area (Å²) in [6.45, 7) is 4.73. The Morgan fingerprint density at radius 2 is 2.12 bits per heavy atom. The van der Waals surface area contributed by atoms with Crippen LogP contribution in [0.4, 0.5) is 0 Å². The fourth-order valence-corrected chi connectivity index (χ4v) is 1.20. The number of ether oxygens (including phenoxy) is 2. The SMILES string of the molecule is C=CC(OC(C)=O)C(O)CCCC(=O)OC. The molecule has 5 heteroatoms. The number of methoxy groups -OCH3 is 1. The van der Waals surface area contributed by atoms with Crippen molar-refractivity contribution in [2.24, 2.45) is 0 Å². The predicted molar refractivity (Wildman–Crippen MR) is 57.6 cm³/mol. The van der Waals surface area contributed by atoms with Gasteiger partial charge >= 0.3 is 11.9 Å². The lowest BCUT2D eigenvalue weighted by atomic mass is 10.1. The van der Waals surface area contributed by atoms with E-state index in [1.165, 1.54) is 20.1 Å². The van der Waals surface area contributed by atoms with E-state index in [2.05, 4.69) is 11.3 Å². The molecule has 0 amide bonds. The zero-order valence-electron chi connectivity index (χ0n) is 9.64. The smallest absolute Gasteiger partial charge is 0.305 e. The molecule has 0 saturated heterocycles. The van der Waals surface area contributed by atoms with Crippen LogP contribution in [0, 0.1) is 0 Å². The highest BCUT2D eigenvalue weighted by atomic mass is 16.6. The van der Waals surface area contributed by atoms with Crippen molar-refractivity contribution in [3.8, 4) is 0 Å². The number of esters is 2. The molecule has 0 heterocycles. The Morgan fingerprint density at radius 1 is 1.50 bits per heavy atom. The summed E-state index contributed by atoms with van der Waals surface area (Å²) in [5, 5.41) is 9.64. The van der Waals surface area contributed by atoms with Crippen molar-refractivity contribution in [2.45, 2.75) is 38.4 Å². The van der Waals surface area contributed by atoms with Crippen molar-refractivity contribution >= 4 is 11.9 Å². The molecule has 5 nitrogen and oxygen atoms in total. The number of hydrogen-bond acceptors (Lipinski definition) is 5. The molecule has 0 spiro atoms. The maximum absolute atomic E-state index is 10.8. The maximum Gasteiger partial charge on any atom is 0.305 e. The van der Waals surface area contributed by atoms with E-state index >= 15 is 0 Å². The molecule has 2 atom stereocenters. The monoisotopic (exact) mass is 230 g/mol. The van der Waals surface area contributed by atoms with Gasteiger partial charge in [0.05, 0.1) is 13.2 Å². The van der Waals surface area contributed by atoms with E-state index in [9.17, 15) is 14.7 Å². The van der Waals surface area contributed by atoms with Gasteiger partial charge in [-0.1, -0.05) is 6.58 Å². The Morgan fingerprint density at radius 3 is 2.56 bits per heavy atom. The molecule has 0 rings (SSSR count). The van der Waals surface area contributed by atoms with Gasteiger partial charge in [-0.05, 0) is 18.9 Å². The zero-order chi connectivity index (χ0) is 12.6. The Bertz CT molecular complexity index is 249. The lowest BCUT2D eigenvalue weighted by molar-refractivity contribution is -0.149. The van der Waals surface area contributed by atoms with E-state index in [0.29, 0.717) is 12.8 Å². The van der Waals surface area contributed by atoms with Crippen LogP contribution in [0.5, 0.6) is 0 Å². The molecule has 0 bridgehead atoms. The summed E-state index contributed by atoms with van der Waals surface area (Å²) in [6.07, 6.45) is 0.849. The zero-order valence-corrected chi connectivity index (χ0v) is 9.64. The van der Waals surface area contributed by atoms with Gasteiger partial charge in [-0.25, -0.2) is 0 Å². The minimum absolute atomic E-state index is 0.234. The average Bonchev–Trinajstić information content (AvgIpc) is 2.24. The van der Waals surface area contributed by atoms with E-state index < -0.39 is 18.2 Å². The molecule has 1 N–H and O–H groups in total. The van der Waals surface area contributed by atoms with Crippen molar-refractivity contribution in [3.63, 3.8) is 0 Å². The third-order valence-corrected chi connectivity index (χ3v) is 2.02. The van der Waals surface area contributed by atoms with Crippen molar-refractivity contribution < 1.29 is 24.2 Å². The first-order valence-corrected chi connectivity index (χ1v) is 5.06. The van der Waals surface area contributed by atoms with Crippen molar-refractivity contribution in [1.29, 1.82) is 0 Å². The van der Waals surface area contributed by atoms with Gasteiger partial charge in [-0.15, -0.1) is 0 Å². The molecule has 0 aromatic rings. The van der Waals surface area contributed by atoms with Gasteiger partial charge in [0.15, 0.2) is 0 Å². The molecule has 0 aliphatic carbocycles. The third-order valence-electron chi connectivity index (χ3n) is 2.02. The molecule has 0 aliphatic rings. The first-order valence-electron chi connectivity index (χ1n) is 5.06. The van der Waals surface area contributed by atoms with Crippen molar-refractivity contribution in [3.05, 3.63) is 12.7 Å². The highest BCUT2D eigenvalue weighted by Crippen LogP contribution is 2.10. The highest BCUT2D eigenvalue weighted by molar-refractivity contribution is 5.69. The quantitative estimate of drug-likeness (QED) is 0.517. The van der Waals surface area contributed by atoms with E-state index in [1.807, 2.05) is 0 Å². The minimum atomic E-state index is -0.842. The van der Waals surface area contributed by atoms with E-state index in [-0.39, 0.29) is 12.4 Å². The number of carbonyl (C=O) groups is 2. The second-order valence-corrected chi connectivity index (χ2v) is 3.35. The predicted octanol–water partition coefficient (Wildman–Crippen LogP) is 0.808. The number of aliphatic hydroxyl groups excluding tert-OH is 1. The van der Waals surface area contributed by atoms with Gasteiger partial charge < -0.3 is 14.6 Å². The Balaban J connectivity index is 3.92. The molecule has 0 saturated carbocycles. The van der Waals surface area contributed by atoms with Gasteiger partial charge in [0.1, 0.15) is 6.10 Å². The third kappa shape index (κ3) is 6.19. The second kappa shape index (κ2) is 7.87. The molecule has 2 unspecified atom stereocenters. The summed E-state index contributed by atoms with van der Waals surface area (Å²) in [5.74, 6) is -0.799. The van der Waals surface area contributed by atoms with E-state index in [4.69, 9.17) is 4.74 Å². The summed E-state index contributed by atoms with van der Waals surface area (Å²) in [7, 11) is 1.31. The standard InChI is InChI=1S/C11H18O5/c1-4-10(16-8(2)12)9(13)6-5-7-11(14)15-3/h4,9-10,13H,1,5-7H2,2-3H3. The number of hydrogen-bond donors (Lipinski definition) is 1. The van der Waals surface area contributed by atoms with Gasteiger partial charge in [0, 0.05) is 13.3 Å². The fraction of sp³-hybridized carbons (Fsp3) is 0.636. The number of carbonyl (C=O) groups excluding carboxylic acids is 2. The normalized spacial score (nSPS) is 13.7. The number of aliphatic hydroxyl groups is 1. The summed E-state index contributed by atoms with van der Waals surface area (Å²) in [5.41, 5.74) is 0. The van der Waals surface area contributed by atoms with Gasteiger partial charge in [-0.3, -0.25) is 9.59 Å². The molecule has 0 aromatic heterocycles. The van der Waals surface area contributed by atoms with Crippen LogP contribution in [0.25, 0.3) is 0 Å². The molecular weight excluding hydrogens is 212 g/mol. The Kier molecular flexibility index (Phi) is 7.20. The van der Waals surface area contributed by atoms with Crippen LogP contribution < -0.4 is 0 Å². The summed E-state index contributed by atoms with van der Waals surface area (Å²) < 4.78 is 9.28. The minimum Gasteiger partial charge on any atom is -0.469 e. The van der Waals surface area contributed by atoms with Crippen LogP contribution in [-0.4, -0.2) is 36.4 Å². The lowest BCUT2D eigenvalue weighted by Crippen LogP contribution is -2.28. The number of rotatable bonds is 7. The van der Waals surface area contributed by atoms with Crippen LogP contribution >= 0.6 is 0 Å². The summed E-state index contributed by atoms with van der Waals surface area (Å²) >= 11 is 0. The van der Waals surface area contributed by atoms with Crippen molar-refractivity contribution in [2.75, 3.05) is 7.11 Å². The Labute approximate surface area is 95.0 Å². The molecule has 0 fully saturated rings. The lowest BCUT2D eigenvalue weighted by Gasteiger charge is -2.18. The topological polar surface area (TPSA) is 72.8 Å². The molecule has 92 valence electrons. The molecule has 0 radical (unpaired) electrons. The second-order valence-electron chi connectivity index (χ2n) is 3.35. The molecule has 0 aliphatic heterocycles. The van der Waals surface area contributed by atoms with Crippen LogP contribution in [0.2, 0.25) is 0 Å². The van der Waals surface area contributed by atoms with Crippen LogP contribution in [0.1, 0.15) is 26.2 Å². The molecule has 16 heavy (non-hydrogen) atoms. The summed E-state index contributed by atoms with van der Waals surface area (Å²) in [4.78, 5) is 21.5. The molecular formula is C11H18O5. The van der Waals surface area contributed by atoms with Crippen molar-refractivity contribution in [1.82, 2.24) is 0 Å². The van der Waals surface area contributed by atoms with E-state index in [0.717, 1.165) is 0 Å². The largest absolute Gasteiger partial charge is 0.469 e. The maximum atomic E-state index is 10.8. The van der Waals surface area contributed by atoms with Crippen LogP contribution in [-0.2, 0) is 19.1 Å². The first kappa shape index (κ1) is 14.6. The molecule has 0 aromatic carbocycles. The first-order chi connectivity index (χ1) is 7.51. The fourth-order valence-electron chi connectivity index (χ4n) is 1.20. The van der Waals surface area contributed by atoms with Crippen LogP contribution in [0.3, 0.4) is 0 Å². The Hall–Kier alpha value is -1.36. The van der Waals surface area contributed by atoms with Gasteiger partial charge in [-0.2, -0.15) is 0 Å². The summed E-state index contributed by atoms with van der Waals surface area (Å²) in [6, 6.07) is 0. The van der Waals surface area contributed by atoms with E-state index in [1.54, 1.807) is 0 Å². The van der Waals surface area contributed by atoms with Gasteiger partial charge in [0.25, 0.3) is 0 Å².